The van der Waals surface area contributed by atoms with Crippen LogP contribution in [0.15, 0.2) is 60.7 Å². The van der Waals surface area contributed by atoms with Gasteiger partial charge in [0.05, 0.1) is 0 Å². The number of para-hydroxylation sites is 1. The highest BCUT2D eigenvalue weighted by Gasteiger charge is 2.19. The minimum absolute atomic E-state index is 0.977. The third-order valence-corrected chi connectivity index (χ3v) is 5.48. The Labute approximate surface area is 168 Å². The Bertz CT molecular complexity index is 1040. The molecular formula is C26H28N2. The normalized spacial score (nSPS) is 15.4. The summed E-state index contributed by atoms with van der Waals surface area (Å²) in [6.45, 7) is 7.59. The summed E-state index contributed by atoms with van der Waals surface area (Å²) in [6, 6.07) is 19.4. The van der Waals surface area contributed by atoms with Gasteiger partial charge in [-0.05, 0) is 55.5 Å². The number of aromatic amines is 1. The molecule has 1 aromatic heterocycles. The number of H-pyrrole nitrogens is 1. The number of rotatable bonds is 4. The minimum Gasteiger partial charge on any atom is -0.384 e. The molecule has 4 rings (SSSR count). The maximum atomic E-state index is 3.69. The fourth-order valence-electron chi connectivity index (χ4n) is 4.27. The van der Waals surface area contributed by atoms with Gasteiger partial charge >= 0.3 is 0 Å². The van der Waals surface area contributed by atoms with Crippen molar-refractivity contribution in [2.24, 2.45) is 0 Å². The predicted molar refractivity (Wildman–Crippen MR) is 122 cm³/mol. The number of hydrogen-bond acceptors (Lipinski definition) is 1. The first-order chi connectivity index (χ1) is 13.7. The first kappa shape index (κ1) is 18.4. The molecule has 1 aliphatic heterocycles. The predicted octanol–water partition coefficient (Wildman–Crippen LogP) is 7.16. The molecule has 0 saturated carbocycles. The number of aryl methyl sites for hydroxylation is 1. The lowest BCUT2D eigenvalue weighted by atomic mass is 9.92. The number of benzene rings is 2. The van der Waals surface area contributed by atoms with Crippen molar-refractivity contribution >= 4 is 22.9 Å². The van der Waals surface area contributed by atoms with Crippen LogP contribution in [0, 0.1) is 6.92 Å². The molecule has 0 aliphatic carbocycles. The van der Waals surface area contributed by atoms with Crippen molar-refractivity contribution in [2.45, 2.75) is 33.6 Å². The fourth-order valence-corrected chi connectivity index (χ4v) is 4.27. The molecule has 2 nitrogen and oxygen atoms in total. The molecule has 1 aliphatic rings. The van der Waals surface area contributed by atoms with Gasteiger partial charge in [-0.3, -0.25) is 0 Å². The van der Waals surface area contributed by atoms with Crippen LogP contribution in [0.4, 0.5) is 5.69 Å². The minimum atomic E-state index is 0.977. The third-order valence-electron chi connectivity index (χ3n) is 5.48. The number of nitrogens with one attached hydrogen (secondary N) is 2. The molecule has 0 fully saturated rings. The Morgan fingerprint density at radius 3 is 2.57 bits per heavy atom. The van der Waals surface area contributed by atoms with Crippen molar-refractivity contribution in [3.8, 4) is 11.1 Å². The zero-order valence-corrected chi connectivity index (χ0v) is 17.0. The summed E-state index contributed by atoms with van der Waals surface area (Å²) < 4.78 is 0. The topological polar surface area (TPSA) is 27.8 Å². The van der Waals surface area contributed by atoms with E-state index in [-0.39, 0.29) is 0 Å². The first-order valence-corrected chi connectivity index (χ1v) is 10.2. The number of hydrogen-bond donors (Lipinski definition) is 2. The smallest absolute Gasteiger partial charge is 0.0471 e. The zero-order valence-electron chi connectivity index (χ0n) is 17.0. The summed E-state index contributed by atoms with van der Waals surface area (Å²) in [5.74, 6) is 0. The molecule has 2 N–H and O–H groups in total. The Kier molecular flexibility index (Phi) is 5.21. The van der Waals surface area contributed by atoms with Gasteiger partial charge in [-0.2, -0.15) is 0 Å². The van der Waals surface area contributed by atoms with Crippen LogP contribution in [-0.4, -0.2) is 11.5 Å². The third kappa shape index (κ3) is 3.43. The van der Waals surface area contributed by atoms with Crippen LogP contribution in [0.25, 0.3) is 28.3 Å². The highest BCUT2D eigenvalue weighted by molar-refractivity contribution is 5.94. The molecule has 0 radical (unpaired) electrons. The molecule has 0 amide bonds. The maximum absolute atomic E-state index is 3.69. The fraction of sp³-hybridized carbons (Fsp3) is 0.231. The van der Waals surface area contributed by atoms with E-state index < -0.39 is 0 Å². The molecule has 2 heteroatoms. The second kappa shape index (κ2) is 7.93. The Morgan fingerprint density at radius 1 is 1.04 bits per heavy atom. The lowest BCUT2D eigenvalue weighted by Crippen LogP contribution is -2.10. The van der Waals surface area contributed by atoms with Gasteiger partial charge < -0.3 is 10.3 Å². The van der Waals surface area contributed by atoms with Gasteiger partial charge in [0, 0.05) is 40.3 Å². The quantitative estimate of drug-likeness (QED) is 0.502. The van der Waals surface area contributed by atoms with E-state index in [4.69, 9.17) is 0 Å². The monoisotopic (exact) mass is 368 g/mol. The molecule has 3 aromatic rings. The van der Waals surface area contributed by atoms with Crippen LogP contribution in [0.2, 0.25) is 0 Å². The second-order valence-electron chi connectivity index (χ2n) is 7.47. The molecule has 0 unspecified atom stereocenters. The van der Waals surface area contributed by atoms with Crippen LogP contribution in [0.5, 0.6) is 0 Å². The molecule has 2 aromatic carbocycles. The van der Waals surface area contributed by atoms with E-state index in [1.807, 2.05) is 0 Å². The summed E-state index contributed by atoms with van der Waals surface area (Å²) in [4.78, 5) is 3.69. The molecule has 2 heterocycles. The van der Waals surface area contributed by atoms with E-state index in [1.54, 1.807) is 0 Å². The van der Waals surface area contributed by atoms with Crippen molar-refractivity contribution in [3.05, 3.63) is 83.2 Å². The lowest BCUT2D eigenvalue weighted by molar-refractivity contribution is 1.05. The Balaban J connectivity index is 1.92. The van der Waals surface area contributed by atoms with E-state index in [0.717, 1.165) is 19.4 Å². The summed E-state index contributed by atoms with van der Waals surface area (Å²) >= 11 is 0. The van der Waals surface area contributed by atoms with Gasteiger partial charge in [-0.1, -0.05) is 61.5 Å². The van der Waals surface area contributed by atoms with E-state index in [0.29, 0.717) is 0 Å². The van der Waals surface area contributed by atoms with Gasteiger partial charge in [0.1, 0.15) is 0 Å². The van der Waals surface area contributed by atoms with Crippen molar-refractivity contribution in [1.82, 2.24) is 4.98 Å². The number of anilines is 1. The number of allylic oxidation sites excluding steroid dienone is 2. The Morgan fingerprint density at radius 2 is 1.79 bits per heavy atom. The van der Waals surface area contributed by atoms with Crippen LogP contribution < -0.4 is 5.32 Å². The summed E-state index contributed by atoms with van der Waals surface area (Å²) in [5, 5.41) is 3.52. The molecular weight excluding hydrogens is 340 g/mol. The number of aromatic nitrogens is 1. The van der Waals surface area contributed by atoms with Crippen LogP contribution in [0.3, 0.4) is 0 Å². The Hall–Kier alpha value is -3.00. The molecule has 0 spiro atoms. The van der Waals surface area contributed by atoms with E-state index in [1.165, 1.54) is 50.5 Å². The van der Waals surface area contributed by atoms with E-state index >= 15 is 0 Å². The van der Waals surface area contributed by atoms with Gasteiger partial charge in [0.15, 0.2) is 0 Å². The molecule has 28 heavy (non-hydrogen) atoms. The molecule has 0 atom stereocenters. The largest absolute Gasteiger partial charge is 0.384 e. The average Bonchev–Trinajstić information content (AvgIpc) is 3.05. The lowest BCUT2D eigenvalue weighted by Gasteiger charge is -2.21. The van der Waals surface area contributed by atoms with Gasteiger partial charge in [-0.25, -0.2) is 0 Å². The van der Waals surface area contributed by atoms with E-state index in [9.17, 15) is 0 Å². The van der Waals surface area contributed by atoms with Crippen molar-refractivity contribution in [1.29, 1.82) is 0 Å². The van der Waals surface area contributed by atoms with Gasteiger partial charge in [-0.15, -0.1) is 0 Å². The standard InChI is InChI=1S/C26H28N2/c1-4-10-18(2)25-19(3)28-24(26(25)20-11-6-5-7-12-20)17-21-15-16-27-23-14-9-8-13-22(21)23/h5-14,17,27-28H,4,15-16H2,1-3H3/b18-10-,21-17+. The first-order valence-electron chi connectivity index (χ1n) is 10.2. The zero-order chi connectivity index (χ0) is 19.5. The molecule has 0 saturated heterocycles. The molecule has 142 valence electrons. The molecule has 0 bridgehead atoms. The average molecular weight is 369 g/mol. The highest BCUT2D eigenvalue weighted by Crippen LogP contribution is 2.38. The van der Waals surface area contributed by atoms with Crippen LogP contribution in [-0.2, 0) is 0 Å². The summed E-state index contributed by atoms with van der Waals surface area (Å²) in [5.41, 5.74) is 11.6. The SMILES string of the molecule is CC/C=C(/C)c1c(C)[nH]c(/C=C2\CCNc3ccccc32)c1-c1ccccc1. The van der Waals surface area contributed by atoms with Crippen molar-refractivity contribution < 1.29 is 0 Å². The maximum Gasteiger partial charge on any atom is 0.0471 e. The van der Waals surface area contributed by atoms with Gasteiger partial charge in [0.25, 0.3) is 0 Å². The highest BCUT2D eigenvalue weighted by atomic mass is 14.9. The second-order valence-corrected chi connectivity index (χ2v) is 7.47. The van der Waals surface area contributed by atoms with Crippen LogP contribution in [0.1, 0.15) is 49.2 Å². The summed E-state index contributed by atoms with van der Waals surface area (Å²) in [7, 11) is 0. The van der Waals surface area contributed by atoms with Crippen molar-refractivity contribution in [2.75, 3.05) is 11.9 Å². The van der Waals surface area contributed by atoms with Crippen molar-refractivity contribution in [3.63, 3.8) is 0 Å². The van der Waals surface area contributed by atoms with E-state index in [2.05, 4.69) is 97.8 Å². The van der Waals surface area contributed by atoms with Crippen LogP contribution >= 0.6 is 0 Å². The van der Waals surface area contributed by atoms with Gasteiger partial charge in [0.2, 0.25) is 0 Å². The summed E-state index contributed by atoms with van der Waals surface area (Å²) in [6.07, 6.45) is 6.75. The number of fused-ring (bicyclic) bond motifs is 1.